The van der Waals surface area contributed by atoms with Gasteiger partial charge >= 0.3 is 10.4 Å². The van der Waals surface area contributed by atoms with Crippen LogP contribution in [0.1, 0.15) is 0 Å². The van der Waals surface area contributed by atoms with E-state index < -0.39 is 10.4 Å². The fourth-order valence-corrected chi connectivity index (χ4v) is 1.76. The zero-order valence-electron chi connectivity index (χ0n) is 8.30. The van der Waals surface area contributed by atoms with Crippen molar-refractivity contribution in [1.29, 1.82) is 0 Å². The third kappa shape index (κ3) is 2.10. The summed E-state index contributed by atoms with van der Waals surface area (Å²) in [5.74, 6) is 0.157. The molecule has 0 atom stereocenters. The molecule has 0 spiro atoms. The predicted molar refractivity (Wildman–Crippen MR) is 57.0 cm³/mol. The zero-order chi connectivity index (χ0) is 11.8. The Labute approximate surface area is 91.8 Å². The van der Waals surface area contributed by atoms with E-state index in [1.807, 2.05) is 0 Å². The Morgan fingerprint density at radius 2 is 2.06 bits per heavy atom. The normalized spacial score (nSPS) is 11.6. The second kappa shape index (κ2) is 3.69. The van der Waals surface area contributed by atoms with Gasteiger partial charge in [-0.1, -0.05) is 0 Å². The van der Waals surface area contributed by atoms with Crippen LogP contribution in [0.25, 0.3) is 10.9 Å². The molecule has 6 nitrogen and oxygen atoms in total. The molecule has 2 rings (SSSR count). The summed E-state index contributed by atoms with van der Waals surface area (Å²) < 4.78 is 39.2. The molecule has 2 N–H and O–H groups in total. The van der Waals surface area contributed by atoms with Crippen molar-refractivity contribution in [3.63, 3.8) is 0 Å². The van der Waals surface area contributed by atoms with E-state index >= 15 is 0 Å². The lowest BCUT2D eigenvalue weighted by atomic mass is 10.2. The van der Waals surface area contributed by atoms with Crippen LogP contribution >= 0.6 is 0 Å². The molecule has 0 radical (unpaired) electrons. The fourth-order valence-electron chi connectivity index (χ4n) is 1.40. The average Bonchev–Trinajstić information content (AvgIpc) is 2.60. The molecule has 1 aromatic heterocycles. The van der Waals surface area contributed by atoms with Gasteiger partial charge in [0.25, 0.3) is 0 Å². The molecule has 1 heterocycles. The summed E-state index contributed by atoms with van der Waals surface area (Å²) in [5, 5.41) is 0.749. The summed E-state index contributed by atoms with van der Waals surface area (Å²) in [7, 11) is -3.18. The van der Waals surface area contributed by atoms with E-state index in [1.54, 1.807) is 18.3 Å². The fraction of sp³-hybridized carbons (Fsp3) is 0.111. The Morgan fingerprint density at radius 3 is 2.69 bits per heavy atom. The highest BCUT2D eigenvalue weighted by atomic mass is 32.3. The summed E-state index contributed by atoms with van der Waals surface area (Å²) in [6.07, 6.45) is 1.70. The van der Waals surface area contributed by atoms with E-state index in [0.29, 0.717) is 0 Å². The molecule has 0 aliphatic heterocycles. The Hall–Kier alpha value is -1.73. The minimum atomic E-state index is -4.55. The van der Waals surface area contributed by atoms with E-state index in [2.05, 4.69) is 9.17 Å². The molecule has 7 heteroatoms. The molecule has 0 amide bonds. The minimum Gasteiger partial charge on any atom is -0.493 e. The molecule has 16 heavy (non-hydrogen) atoms. The second-order valence-corrected chi connectivity index (χ2v) is 4.10. The number of nitrogens with one attached hydrogen (secondary N) is 1. The number of aromatic amines is 1. The number of H-pyrrole nitrogens is 1. The molecule has 0 aliphatic carbocycles. The first-order chi connectivity index (χ1) is 7.49. The van der Waals surface area contributed by atoms with Crippen molar-refractivity contribution in [2.24, 2.45) is 0 Å². The summed E-state index contributed by atoms with van der Waals surface area (Å²) in [6, 6.07) is 4.78. The highest BCUT2D eigenvalue weighted by Crippen LogP contribution is 2.32. The molecule has 0 saturated heterocycles. The van der Waals surface area contributed by atoms with Crippen LogP contribution < -0.4 is 8.92 Å². The van der Waals surface area contributed by atoms with Crippen LogP contribution in [-0.4, -0.2) is 25.1 Å². The third-order valence-corrected chi connectivity index (χ3v) is 2.42. The number of methoxy groups -OCH3 is 1. The van der Waals surface area contributed by atoms with Gasteiger partial charge in [0.05, 0.1) is 7.11 Å². The van der Waals surface area contributed by atoms with E-state index in [0.717, 1.165) is 10.9 Å². The van der Waals surface area contributed by atoms with Gasteiger partial charge < -0.3 is 13.9 Å². The van der Waals surface area contributed by atoms with Gasteiger partial charge in [-0.2, -0.15) is 8.42 Å². The van der Waals surface area contributed by atoms with E-state index in [1.165, 1.54) is 13.2 Å². The molecule has 0 saturated carbocycles. The molecule has 0 fully saturated rings. The first kappa shape index (κ1) is 10.8. The summed E-state index contributed by atoms with van der Waals surface area (Å²) in [5.41, 5.74) is 0.777. The van der Waals surface area contributed by atoms with Crippen molar-refractivity contribution in [2.45, 2.75) is 0 Å². The van der Waals surface area contributed by atoms with Crippen molar-refractivity contribution in [3.8, 4) is 11.5 Å². The Kier molecular flexibility index (Phi) is 2.49. The number of aromatic nitrogens is 1. The van der Waals surface area contributed by atoms with Gasteiger partial charge in [0.1, 0.15) is 0 Å². The summed E-state index contributed by atoms with van der Waals surface area (Å²) in [6.45, 7) is 0. The Morgan fingerprint density at radius 1 is 1.31 bits per heavy atom. The second-order valence-electron chi connectivity index (χ2n) is 3.08. The molecular weight excluding hydrogens is 234 g/mol. The van der Waals surface area contributed by atoms with Crippen molar-refractivity contribution >= 4 is 21.3 Å². The van der Waals surface area contributed by atoms with Crippen molar-refractivity contribution < 1.29 is 21.9 Å². The van der Waals surface area contributed by atoms with Crippen molar-refractivity contribution in [1.82, 2.24) is 4.98 Å². The Bertz CT molecular complexity index is 616. The van der Waals surface area contributed by atoms with Crippen LogP contribution in [0, 0.1) is 0 Å². The SMILES string of the molecule is COc1cc2[nH]ccc2cc1OS(=O)(=O)O. The number of ether oxygens (including phenoxy) is 1. The summed E-state index contributed by atoms with van der Waals surface area (Å²) in [4.78, 5) is 2.94. The van der Waals surface area contributed by atoms with Crippen molar-refractivity contribution in [2.75, 3.05) is 7.11 Å². The minimum absolute atomic E-state index is 0.0582. The van der Waals surface area contributed by atoms with Gasteiger partial charge in [-0.05, 0) is 12.1 Å². The van der Waals surface area contributed by atoms with Gasteiger partial charge in [-0.15, -0.1) is 0 Å². The third-order valence-electron chi connectivity index (χ3n) is 2.03. The van der Waals surface area contributed by atoms with Crippen LogP contribution in [0.15, 0.2) is 24.4 Å². The Balaban J connectivity index is 2.57. The average molecular weight is 243 g/mol. The largest absolute Gasteiger partial charge is 0.493 e. The van der Waals surface area contributed by atoms with Gasteiger partial charge in [-0.25, -0.2) is 0 Å². The van der Waals surface area contributed by atoms with Crippen molar-refractivity contribution in [3.05, 3.63) is 24.4 Å². The standard InChI is InChI=1S/C9H9NO5S/c1-14-8-5-7-6(2-3-10-7)4-9(8)15-16(11,12)13/h2-5,10H,1H3,(H,11,12,13). The molecular formula is C9H9NO5S. The molecule has 86 valence electrons. The first-order valence-electron chi connectivity index (χ1n) is 4.31. The number of fused-ring (bicyclic) bond motifs is 1. The van der Waals surface area contributed by atoms with Crippen LogP contribution in [0.4, 0.5) is 0 Å². The zero-order valence-corrected chi connectivity index (χ0v) is 9.11. The lowest BCUT2D eigenvalue weighted by Gasteiger charge is -2.07. The topological polar surface area (TPSA) is 88.6 Å². The number of benzene rings is 1. The van der Waals surface area contributed by atoms with E-state index in [4.69, 9.17) is 9.29 Å². The van der Waals surface area contributed by atoms with Gasteiger partial charge in [0.15, 0.2) is 11.5 Å². The van der Waals surface area contributed by atoms with Gasteiger partial charge in [0, 0.05) is 23.2 Å². The molecule has 0 unspecified atom stereocenters. The number of hydrogen-bond acceptors (Lipinski definition) is 4. The molecule has 1 aromatic carbocycles. The quantitative estimate of drug-likeness (QED) is 0.794. The van der Waals surface area contributed by atoms with E-state index in [9.17, 15) is 8.42 Å². The maximum absolute atomic E-state index is 10.6. The molecule has 2 aromatic rings. The number of hydrogen-bond donors (Lipinski definition) is 2. The lowest BCUT2D eigenvalue weighted by molar-refractivity contribution is 0.361. The maximum Gasteiger partial charge on any atom is 0.446 e. The highest BCUT2D eigenvalue weighted by molar-refractivity contribution is 7.81. The monoisotopic (exact) mass is 243 g/mol. The van der Waals surface area contributed by atoms with Gasteiger partial charge in [-0.3, -0.25) is 4.55 Å². The number of rotatable bonds is 3. The summed E-state index contributed by atoms with van der Waals surface area (Å²) >= 11 is 0. The maximum atomic E-state index is 10.6. The van der Waals surface area contributed by atoms with Crippen LogP contribution in [0.2, 0.25) is 0 Å². The smallest absolute Gasteiger partial charge is 0.446 e. The van der Waals surface area contributed by atoms with Gasteiger partial charge in [0.2, 0.25) is 0 Å². The van der Waals surface area contributed by atoms with Crippen LogP contribution in [0.3, 0.4) is 0 Å². The highest BCUT2D eigenvalue weighted by Gasteiger charge is 2.13. The van der Waals surface area contributed by atoms with E-state index in [-0.39, 0.29) is 11.5 Å². The van der Waals surface area contributed by atoms with Crippen LogP contribution in [0.5, 0.6) is 11.5 Å². The molecule has 0 bridgehead atoms. The molecule has 0 aliphatic rings. The van der Waals surface area contributed by atoms with Crippen LogP contribution in [-0.2, 0) is 10.4 Å². The lowest BCUT2D eigenvalue weighted by Crippen LogP contribution is -2.07. The first-order valence-corrected chi connectivity index (χ1v) is 5.68. The predicted octanol–water partition coefficient (Wildman–Crippen LogP) is 1.36.